The summed E-state index contributed by atoms with van der Waals surface area (Å²) in [6, 6.07) is -0.188. The molecule has 1 aliphatic rings. The fourth-order valence-electron chi connectivity index (χ4n) is 2.34. The van der Waals surface area contributed by atoms with Crippen LogP contribution in [0.1, 0.15) is 17.9 Å². The third-order valence-electron chi connectivity index (χ3n) is 3.57. The Morgan fingerprint density at radius 3 is 3.26 bits per heavy atom. The molecule has 1 N–H and O–H groups in total. The molecule has 3 heterocycles. The topological polar surface area (TPSA) is 104 Å². The Hall–Kier alpha value is -1.91. The van der Waals surface area contributed by atoms with Gasteiger partial charge in [0.1, 0.15) is 12.4 Å². The first-order valence-electron chi connectivity index (χ1n) is 7.31. The highest BCUT2D eigenvalue weighted by atomic mass is 32.1. The molecule has 0 unspecified atom stereocenters. The molecule has 2 atom stereocenters. The molecule has 1 saturated heterocycles. The molecule has 1 amide bonds. The number of tetrazole rings is 1. The zero-order valence-electron chi connectivity index (χ0n) is 12.7. The van der Waals surface area contributed by atoms with E-state index in [-0.39, 0.29) is 24.6 Å². The van der Waals surface area contributed by atoms with Crippen LogP contribution in [0.25, 0.3) is 0 Å². The summed E-state index contributed by atoms with van der Waals surface area (Å²) in [6.45, 7) is 3.32. The molecule has 0 bridgehead atoms. The summed E-state index contributed by atoms with van der Waals surface area (Å²) in [6.07, 6.45) is 0.642. The van der Waals surface area contributed by atoms with Gasteiger partial charge < -0.3 is 14.8 Å². The smallest absolute Gasteiger partial charge is 0.242 e. The number of aromatic nitrogens is 5. The maximum absolute atomic E-state index is 12.2. The van der Waals surface area contributed by atoms with Gasteiger partial charge in [0.25, 0.3) is 0 Å². The molecule has 124 valence electrons. The Kier molecular flexibility index (Phi) is 5.26. The number of amides is 1. The van der Waals surface area contributed by atoms with Crippen LogP contribution >= 0.6 is 11.3 Å². The Bertz CT molecular complexity index is 631. The SMILES string of the molecule is Cc1nnnn1CC(=O)N[C@@H]1COCC[C@@H]1OCc1cscn1. The number of nitrogens with one attached hydrogen (secondary N) is 1. The average molecular weight is 338 g/mol. The van der Waals surface area contributed by atoms with Crippen molar-refractivity contribution in [1.29, 1.82) is 0 Å². The van der Waals surface area contributed by atoms with Crippen LogP contribution in [0, 0.1) is 6.92 Å². The lowest BCUT2D eigenvalue weighted by Crippen LogP contribution is -2.51. The normalized spacial score (nSPS) is 21.3. The lowest BCUT2D eigenvalue weighted by molar-refractivity contribution is -0.127. The van der Waals surface area contributed by atoms with Crippen LogP contribution in [0.15, 0.2) is 10.9 Å². The summed E-state index contributed by atoms with van der Waals surface area (Å²) >= 11 is 1.53. The van der Waals surface area contributed by atoms with E-state index in [9.17, 15) is 4.79 Å². The van der Waals surface area contributed by atoms with Gasteiger partial charge in [0.2, 0.25) is 5.91 Å². The molecule has 23 heavy (non-hydrogen) atoms. The van der Waals surface area contributed by atoms with Crippen LogP contribution in [-0.4, -0.2) is 56.5 Å². The number of aryl methyl sites for hydroxylation is 1. The van der Waals surface area contributed by atoms with Gasteiger partial charge >= 0.3 is 0 Å². The van der Waals surface area contributed by atoms with Gasteiger partial charge in [-0.15, -0.1) is 16.4 Å². The molecular formula is C13H18N6O3S. The van der Waals surface area contributed by atoms with Crippen molar-refractivity contribution in [3.05, 3.63) is 22.4 Å². The van der Waals surface area contributed by atoms with Crippen molar-refractivity contribution in [1.82, 2.24) is 30.5 Å². The number of nitrogens with zero attached hydrogens (tertiary/aromatic N) is 5. The zero-order chi connectivity index (χ0) is 16.1. The molecule has 9 nitrogen and oxygen atoms in total. The van der Waals surface area contributed by atoms with Crippen LogP contribution in [0.4, 0.5) is 0 Å². The predicted octanol–water partition coefficient (Wildman–Crippen LogP) is -0.0715. The summed E-state index contributed by atoms with van der Waals surface area (Å²) in [5.74, 6) is 0.425. The van der Waals surface area contributed by atoms with Crippen LogP contribution in [0.3, 0.4) is 0 Å². The first-order chi connectivity index (χ1) is 11.2. The number of rotatable bonds is 6. The molecule has 0 spiro atoms. The van der Waals surface area contributed by atoms with Crippen LogP contribution in [-0.2, 0) is 27.4 Å². The number of hydrogen-bond acceptors (Lipinski definition) is 8. The van der Waals surface area contributed by atoms with Gasteiger partial charge in [-0.05, 0) is 23.8 Å². The molecule has 0 radical (unpaired) electrons. The number of carbonyl (C=O) groups excluding carboxylic acids is 1. The largest absolute Gasteiger partial charge is 0.379 e. The Morgan fingerprint density at radius 1 is 1.61 bits per heavy atom. The summed E-state index contributed by atoms with van der Waals surface area (Å²) in [5.41, 5.74) is 2.67. The number of carbonyl (C=O) groups is 1. The quantitative estimate of drug-likeness (QED) is 0.786. The van der Waals surface area contributed by atoms with E-state index in [1.54, 1.807) is 12.4 Å². The third-order valence-corrected chi connectivity index (χ3v) is 4.21. The second-order valence-electron chi connectivity index (χ2n) is 5.25. The van der Waals surface area contributed by atoms with Crippen molar-refractivity contribution in [3.8, 4) is 0 Å². The molecule has 2 aromatic heterocycles. The standard InChI is InChI=1S/C13H18N6O3S/c1-9-16-17-18-19(9)4-13(20)15-11-6-21-3-2-12(11)22-5-10-7-23-8-14-10/h7-8,11-12H,2-6H2,1H3,(H,15,20)/t11-,12+/m1/s1. The minimum atomic E-state index is -0.188. The van der Waals surface area contributed by atoms with E-state index in [0.29, 0.717) is 25.6 Å². The minimum absolute atomic E-state index is 0.0775. The number of thiazole rings is 1. The second-order valence-corrected chi connectivity index (χ2v) is 5.97. The minimum Gasteiger partial charge on any atom is -0.379 e. The molecule has 0 saturated carbocycles. The van der Waals surface area contributed by atoms with E-state index in [0.717, 1.165) is 12.1 Å². The van der Waals surface area contributed by atoms with Crippen molar-refractivity contribution in [2.75, 3.05) is 13.2 Å². The lowest BCUT2D eigenvalue weighted by atomic mass is 10.1. The van der Waals surface area contributed by atoms with Gasteiger partial charge in [0, 0.05) is 12.0 Å². The van der Waals surface area contributed by atoms with E-state index >= 15 is 0 Å². The summed E-state index contributed by atoms with van der Waals surface area (Å²) in [5, 5.41) is 15.9. The monoisotopic (exact) mass is 338 g/mol. The zero-order valence-corrected chi connectivity index (χ0v) is 13.5. The fourth-order valence-corrected chi connectivity index (χ4v) is 2.88. The molecule has 0 aliphatic carbocycles. The fraction of sp³-hybridized carbons (Fsp3) is 0.615. The molecule has 1 aliphatic heterocycles. The third kappa shape index (κ3) is 4.30. The van der Waals surface area contributed by atoms with Gasteiger partial charge in [0.15, 0.2) is 0 Å². The number of hydrogen-bond donors (Lipinski definition) is 1. The summed E-state index contributed by atoms with van der Waals surface area (Å²) < 4.78 is 12.8. The first kappa shape index (κ1) is 16.0. The maximum atomic E-state index is 12.2. The van der Waals surface area contributed by atoms with E-state index < -0.39 is 0 Å². The van der Waals surface area contributed by atoms with Crippen LogP contribution < -0.4 is 5.32 Å². The Labute approximate surface area is 137 Å². The lowest BCUT2D eigenvalue weighted by Gasteiger charge is -2.31. The van der Waals surface area contributed by atoms with E-state index in [2.05, 4.69) is 25.8 Å². The van der Waals surface area contributed by atoms with Crippen molar-refractivity contribution in [2.45, 2.75) is 38.6 Å². The van der Waals surface area contributed by atoms with Crippen molar-refractivity contribution in [3.63, 3.8) is 0 Å². The molecular weight excluding hydrogens is 320 g/mol. The highest BCUT2D eigenvalue weighted by Crippen LogP contribution is 2.14. The number of ether oxygens (including phenoxy) is 2. The molecule has 1 fully saturated rings. The van der Waals surface area contributed by atoms with Crippen molar-refractivity contribution in [2.24, 2.45) is 0 Å². The first-order valence-corrected chi connectivity index (χ1v) is 8.25. The van der Waals surface area contributed by atoms with Gasteiger partial charge in [-0.25, -0.2) is 9.67 Å². The Morgan fingerprint density at radius 2 is 2.52 bits per heavy atom. The summed E-state index contributed by atoms with van der Waals surface area (Å²) in [7, 11) is 0. The second kappa shape index (κ2) is 7.57. The van der Waals surface area contributed by atoms with Gasteiger partial charge in [-0.3, -0.25) is 4.79 Å². The average Bonchev–Trinajstić information content (AvgIpc) is 3.19. The summed E-state index contributed by atoms with van der Waals surface area (Å²) in [4.78, 5) is 16.4. The molecule has 3 rings (SSSR count). The van der Waals surface area contributed by atoms with Crippen LogP contribution in [0.5, 0.6) is 0 Å². The Balaban J connectivity index is 1.53. The van der Waals surface area contributed by atoms with Crippen molar-refractivity contribution >= 4 is 17.2 Å². The van der Waals surface area contributed by atoms with Gasteiger partial charge in [-0.2, -0.15) is 0 Å². The van der Waals surface area contributed by atoms with Crippen molar-refractivity contribution < 1.29 is 14.3 Å². The van der Waals surface area contributed by atoms with Gasteiger partial charge in [-0.1, -0.05) is 0 Å². The van der Waals surface area contributed by atoms with E-state index in [1.807, 2.05) is 5.38 Å². The highest BCUT2D eigenvalue weighted by molar-refractivity contribution is 7.07. The molecule has 10 heteroatoms. The molecule has 0 aromatic carbocycles. The molecule has 2 aromatic rings. The predicted molar refractivity (Wildman–Crippen MR) is 80.6 cm³/mol. The maximum Gasteiger partial charge on any atom is 0.242 e. The van der Waals surface area contributed by atoms with Crippen LogP contribution in [0.2, 0.25) is 0 Å². The van der Waals surface area contributed by atoms with Gasteiger partial charge in [0.05, 0.1) is 36.6 Å². The van der Waals surface area contributed by atoms with E-state index in [1.165, 1.54) is 16.0 Å². The highest BCUT2D eigenvalue weighted by Gasteiger charge is 2.28. The van der Waals surface area contributed by atoms with E-state index in [4.69, 9.17) is 9.47 Å².